The third-order valence-corrected chi connectivity index (χ3v) is 2.16. The van der Waals surface area contributed by atoms with Crippen molar-refractivity contribution in [2.45, 2.75) is 12.8 Å². The smallest absolute Gasteiger partial charge is 0.243 e. The van der Waals surface area contributed by atoms with Crippen molar-refractivity contribution in [3.63, 3.8) is 0 Å². The second kappa shape index (κ2) is 6.85. The summed E-state index contributed by atoms with van der Waals surface area (Å²) in [6, 6.07) is 7.90. The van der Waals surface area contributed by atoms with Crippen molar-refractivity contribution in [3.05, 3.63) is 29.8 Å². The molecule has 16 heavy (non-hydrogen) atoms. The average Bonchev–Trinajstić information content (AvgIpc) is 2.29. The van der Waals surface area contributed by atoms with Gasteiger partial charge < -0.3 is 15.2 Å². The molecule has 1 aromatic rings. The van der Waals surface area contributed by atoms with E-state index in [-0.39, 0.29) is 6.61 Å². The number of carbonyl (C=O) groups is 1. The minimum atomic E-state index is -0.426. The van der Waals surface area contributed by atoms with E-state index in [1.165, 1.54) is 5.56 Å². The second-order valence-corrected chi connectivity index (χ2v) is 3.47. The van der Waals surface area contributed by atoms with E-state index in [1.807, 2.05) is 24.3 Å². The molecule has 0 aliphatic carbocycles. The zero-order valence-electron chi connectivity index (χ0n) is 9.44. The molecule has 4 nitrogen and oxygen atoms in total. The van der Waals surface area contributed by atoms with Crippen LogP contribution in [0.25, 0.3) is 0 Å². The second-order valence-electron chi connectivity index (χ2n) is 3.47. The van der Waals surface area contributed by atoms with E-state index in [2.05, 4.69) is 0 Å². The number of aryl methyl sites for hydroxylation is 1. The molecule has 0 bridgehead atoms. The molecule has 2 N–H and O–H groups in total. The van der Waals surface area contributed by atoms with Crippen LogP contribution in [0.2, 0.25) is 0 Å². The Balaban J connectivity index is 2.19. The highest BCUT2D eigenvalue weighted by Crippen LogP contribution is 2.12. The highest BCUT2D eigenvalue weighted by atomic mass is 16.5. The lowest BCUT2D eigenvalue weighted by molar-refractivity contribution is -0.122. The van der Waals surface area contributed by atoms with Gasteiger partial charge in [0.05, 0.1) is 7.11 Å². The highest BCUT2D eigenvalue weighted by molar-refractivity contribution is 5.74. The van der Waals surface area contributed by atoms with Crippen LogP contribution in [0.4, 0.5) is 0 Å². The van der Waals surface area contributed by atoms with E-state index in [0.29, 0.717) is 6.61 Å². The number of carbonyl (C=O) groups excluding carboxylic acids is 1. The van der Waals surface area contributed by atoms with Gasteiger partial charge in [-0.2, -0.15) is 0 Å². The van der Waals surface area contributed by atoms with Crippen molar-refractivity contribution in [3.8, 4) is 5.75 Å². The summed E-state index contributed by atoms with van der Waals surface area (Å²) in [6.07, 6.45) is 1.79. The fraction of sp³-hybridized carbons (Fsp3) is 0.417. The number of nitrogens with two attached hydrogens (primary N) is 1. The number of hydrogen-bond donors (Lipinski definition) is 1. The van der Waals surface area contributed by atoms with Gasteiger partial charge in [0.2, 0.25) is 5.91 Å². The minimum Gasteiger partial charge on any atom is -0.497 e. The van der Waals surface area contributed by atoms with E-state index in [4.69, 9.17) is 15.2 Å². The van der Waals surface area contributed by atoms with Crippen molar-refractivity contribution in [1.82, 2.24) is 0 Å². The van der Waals surface area contributed by atoms with Gasteiger partial charge in [-0.1, -0.05) is 12.1 Å². The lowest BCUT2D eigenvalue weighted by Crippen LogP contribution is -2.18. The van der Waals surface area contributed by atoms with Crippen LogP contribution in [-0.2, 0) is 16.0 Å². The first-order valence-electron chi connectivity index (χ1n) is 5.21. The van der Waals surface area contributed by atoms with Gasteiger partial charge in [-0.05, 0) is 30.5 Å². The number of amides is 1. The van der Waals surface area contributed by atoms with Crippen molar-refractivity contribution in [1.29, 1.82) is 0 Å². The molecular weight excluding hydrogens is 206 g/mol. The molecular formula is C12H17NO3. The third-order valence-electron chi connectivity index (χ3n) is 2.16. The molecule has 0 saturated carbocycles. The van der Waals surface area contributed by atoms with Gasteiger partial charge in [0.1, 0.15) is 12.4 Å². The zero-order valence-corrected chi connectivity index (χ0v) is 9.44. The molecule has 0 fully saturated rings. The Morgan fingerprint density at radius 1 is 1.31 bits per heavy atom. The molecule has 88 valence electrons. The number of rotatable bonds is 7. The predicted octanol–water partition coefficient (Wildman–Crippen LogP) is 1.13. The molecule has 0 heterocycles. The molecule has 1 aromatic carbocycles. The van der Waals surface area contributed by atoms with Crippen molar-refractivity contribution in [2.24, 2.45) is 5.73 Å². The molecule has 0 atom stereocenters. The van der Waals surface area contributed by atoms with Crippen LogP contribution < -0.4 is 10.5 Å². The summed E-state index contributed by atoms with van der Waals surface area (Å²) in [5.74, 6) is 0.429. The summed E-state index contributed by atoms with van der Waals surface area (Å²) in [7, 11) is 1.65. The molecule has 4 heteroatoms. The number of ether oxygens (including phenoxy) is 2. The maximum absolute atomic E-state index is 10.4. The van der Waals surface area contributed by atoms with Crippen molar-refractivity contribution >= 4 is 5.91 Å². The fourth-order valence-corrected chi connectivity index (χ4v) is 1.34. The van der Waals surface area contributed by atoms with Crippen LogP contribution >= 0.6 is 0 Å². The average molecular weight is 223 g/mol. The molecule has 0 aliphatic rings. The molecule has 1 amide bonds. The van der Waals surface area contributed by atoms with Crippen LogP contribution in [0.15, 0.2) is 24.3 Å². The monoisotopic (exact) mass is 223 g/mol. The van der Waals surface area contributed by atoms with Gasteiger partial charge in [-0.3, -0.25) is 4.79 Å². The van der Waals surface area contributed by atoms with Gasteiger partial charge in [0, 0.05) is 6.61 Å². The van der Waals surface area contributed by atoms with E-state index in [1.54, 1.807) is 7.11 Å². The minimum absolute atomic E-state index is 0.00259. The summed E-state index contributed by atoms with van der Waals surface area (Å²) in [6.45, 7) is 0.553. The fourth-order valence-electron chi connectivity index (χ4n) is 1.34. The summed E-state index contributed by atoms with van der Waals surface area (Å²) in [4.78, 5) is 10.4. The molecule has 0 aromatic heterocycles. The van der Waals surface area contributed by atoms with Crippen molar-refractivity contribution in [2.75, 3.05) is 20.3 Å². The van der Waals surface area contributed by atoms with Crippen molar-refractivity contribution < 1.29 is 14.3 Å². The number of benzene rings is 1. The van der Waals surface area contributed by atoms with Crippen LogP contribution in [-0.4, -0.2) is 26.2 Å². The van der Waals surface area contributed by atoms with Gasteiger partial charge in [0.15, 0.2) is 0 Å². The van der Waals surface area contributed by atoms with Crippen LogP contribution in [0, 0.1) is 0 Å². The number of primary amides is 1. The van der Waals surface area contributed by atoms with Gasteiger partial charge in [-0.25, -0.2) is 0 Å². The molecule has 0 spiro atoms. The zero-order chi connectivity index (χ0) is 11.8. The Labute approximate surface area is 95.3 Å². The molecule has 0 unspecified atom stereocenters. The summed E-state index contributed by atoms with van der Waals surface area (Å²) >= 11 is 0. The molecule has 0 radical (unpaired) electrons. The molecule has 0 aliphatic heterocycles. The van der Waals surface area contributed by atoms with Gasteiger partial charge in [-0.15, -0.1) is 0 Å². The van der Waals surface area contributed by atoms with Gasteiger partial charge >= 0.3 is 0 Å². The van der Waals surface area contributed by atoms with Crippen LogP contribution in [0.1, 0.15) is 12.0 Å². The Kier molecular flexibility index (Phi) is 5.36. The largest absolute Gasteiger partial charge is 0.497 e. The number of hydrogen-bond acceptors (Lipinski definition) is 3. The Hall–Kier alpha value is -1.55. The van der Waals surface area contributed by atoms with E-state index < -0.39 is 5.91 Å². The first-order valence-corrected chi connectivity index (χ1v) is 5.21. The van der Waals surface area contributed by atoms with E-state index in [9.17, 15) is 4.79 Å². The Morgan fingerprint density at radius 3 is 2.56 bits per heavy atom. The first-order chi connectivity index (χ1) is 7.72. The summed E-state index contributed by atoms with van der Waals surface area (Å²) in [5, 5.41) is 0. The lowest BCUT2D eigenvalue weighted by atomic mass is 10.1. The Morgan fingerprint density at radius 2 is 2.00 bits per heavy atom. The quantitative estimate of drug-likeness (QED) is 0.705. The SMILES string of the molecule is COc1ccc(CCCOCC(N)=O)cc1. The maximum atomic E-state index is 10.4. The summed E-state index contributed by atoms with van der Waals surface area (Å²) < 4.78 is 10.1. The Bertz CT molecular complexity index is 322. The van der Waals surface area contributed by atoms with E-state index >= 15 is 0 Å². The first kappa shape index (κ1) is 12.5. The molecule has 1 rings (SSSR count). The van der Waals surface area contributed by atoms with E-state index in [0.717, 1.165) is 18.6 Å². The molecule has 0 saturated heterocycles. The predicted molar refractivity (Wildman–Crippen MR) is 61.3 cm³/mol. The van der Waals surface area contributed by atoms with Crippen LogP contribution in [0.5, 0.6) is 5.75 Å². The standard InChI is InChI=1S/C12H17NO3/c1-15-11-6-4-10(5-7-11)3-2-8-16-9-12(13)14/h4-7H,2-3,8-9H2,1H3,(H2,13,14). The number of methoxy groups -OCH3 is 1. The highest BCUT2D eigenvalue weighted by Gasteiger charge is 1.96. The normalized spacial score (nSPS) is 10.1. The third kappa shape index (κ3) is 4.79. The van der Waals surface area contributed by atoms with Gasteiger partial charge in [0.25, 0.3) is 0 Å². The topological polar surface area (TPSA) is 61.6 Å². The summed E-state index contributed by atoms with van der Waals surface area (Å²) in [5.41, 5.74) is 6.17. The maximum Gasteiger partial charge on any atom is 0.243 e. The lowest BCUT2D eigenvalue weighted by Gasteiger charge is -2.04. The van der Waals surface area contributed by atoms with Crippen LogP contribution in [0.3, 0.4) is 0 Å².